The van der Waals surface area contributed by atoms with Crippen molar-refractivity contribution in [3.63, 3.8) is 0 Å². The van der Waals surface area contributed by atoms with Crippen molar-refractivity contribution >= 4 is 40.7 Å². The van der Waals surface area contributed by atoms with E-state index >= 15 is 4.39 Å². The Bertz CT molecular complexity index is 1080. The van der Waals surface area contributed by atoms with Gasteiger partial charge in [-0.15, -0.1) is 0 Å². The second-order valence-corrected chi connectivity index (χ2v) is 9.40. The predicted octanol–water partition coefficient (Wildman–Crippen LogP) is 4.77. The lowest BCUT2D eigenvalue weighted by atomic mass is 9.64. The smallest absolute Gasteiger partial charge is 0.238 e. The van der Waals surface area contributed by atoms with Gasteiger partial charge in [-0.05, 0) is 49.1 Å². The molecule has 1 fully saturated rings. The van der Waals surface area contributed by atoms with Gasteiger partial charge < -0.3 is 16.0 Å². The van der Waals surface area contributed by atoms with Gasteiger partial charge in [-0.25, -0.2) is 4.39 Å². The third-order valence-electron chi connectivity index (χ3n) is 6.81. The number of anilines is 1. The van der Waals surface area contributed by atoms with E-state index in [0.717, 1.165) is 6.42 Å². The van der Waals surface area contributed by atoms with Gasteiger partial charge in [0, 0.05) is 28.7 Å². The maximum absolute atomic E-state index is 15.4. The first-order chi connectivity index (χ1) is 15.2. The van der Waals surface area contributed by atoms with Gasteiger partial charge in [0.2, 0.25) is 11.8 Å². The van der Waals surface area contributed by atoms with E-state index in [-0.39, 0.29) is 28.4 Å². The standard InChI is InChI=1S/C24H26Cl2FN3O2/c1-4-12(3)28-22(31)21-19(14-7-6-8-16(26)20(14)27)24(18(5-2)30-21)15-10-9-13(25)11-17(15)29-23(24)32/h6-12,18-19,21,30H,4-5H2,1-3H3,(H,28,31)(H,29,32). The highest BCUT2D eigenvalue weighted by Crippen LogP contribution is 2.56. The van der Waals surface area contributed by atoms with Crippen molar-refractivity contribution in [2.24, 2.45) is 0 Å². The van der Waals surface area contributed by atoms with E-state index in [2.05, 4.69) is 16.0 Å². The molecule has 170 valence electrons. The van der Waals surface area contributed by atoms with Crippen LogP contribution in [0.5, 0.6) is 0 Å². The number of carbonyl (C=O) groups excluding carboxylic acids is 2. The fourth-order valence-electron chi connectivity index (χ4n) is 5.19. The average Bonchev–Trinajstić information content (AvgIpc) is 3.25. The first-order valence-corrected chi connectivity index (χ1v) is 11.6. The predicted molar refractivity (Wildman–Crippen MR) is 125 cm³/mol. The molecule has 5 atom stereocenters. The van der Waals surface area contributed by atoms with Crippen LogP contribution in [0.4, 0.5) is 10.1 Å². The van der Waals surface area contributed by atoms with E-state index in [4.69, 9.17) is 23.2 Å². The molecular weight excluding hydrogens is 452 g/mol. The highest BCUT2D eigenvalue weighted by molar-refractivity contribution is 6.31. The zero-order chi connectivity index (χ0) is 23.2. The molecule has 2 heterocycles. The zero-order valence-corrected chi connectivity index (χ0v) is 19.6. The normalized spacial score (nSPS) is 27.3. The Morgan fingerprint density at radius 3 is 2.69 bits per heavy atom. The fourth-order valence-corrected chi connectivity index (χ4v) is 5.55. The minimum Gasteiger partial charge on any atom is -0.352 e. The molecule has 2 aromatic carbocycles. The lowest BCUT2D eigenvalue weighted by Gasteiger charge is -2.35. The van der Waals surface area contributed by atoms with Crippen molar-refractivity contribution in [2.75, 3.05) is 5.32 Å². The maximum atomic E-state index is 15.4. The van der Waals surface area contributed by atoms with Gasteiger partial charge in [-0.2, -0.15) is 0 Å². The summed E-state index contributed by atoms with van der Waals surface area (Å²) in [5, 5.41) is 9.73. The molecule has 0 saturated carbocycles. The van der Waals surface area contributed by atoms with Crippen LogP contribution in [0.1, 0.15) is 50.7 Å². The molecule has 8 heteroatoms. The van der Waals surface area contributed by atoms with Crippen LogP contribution in [0.25, 0.3) is 0 Å². The number of fused-ring (bicyclic) bond motifs is 2. The van der Waals surface area contributed by atoms with Gasteiger partial charge >= 0.3 is 0 Å². The third kappa shape index (κ3) is 3.40. The summed E-state index contributed by atoms with van der Waals surface area (Å²) in [5.41, 5.74) is 0.327. The van der Waals surface area contributed by atoms with Crippen molar-refractivity contribution in [2.45, 2.75) is 63.1 Å². The van der Waals surface area contributed by atoms with Gasteiger partial charge in [0.25, 0.3) is 0 Å². The van der Waals surface area contributed by atoms with Gasteiger partial charge in [0.1, 0.15) is 11.2 Å². The van der Waals surface area contributed by atoms with Crippen LogP contribution in [0.3, 0.4) is 0 Å². The number of hydrogen-bond acceptors (Lipinski definition) is 3. The van der Waals surface area contributed by atoms with Crippen LogP contribution < -0.4 is 16.0 Å². The first kappa shape index (κ1) is 23.0. The molecule has 2 aromatic rings. The number of hydrogen-bond donors (Lipinski definition) is 3. The van der Waals surface area contributed by atoms with E-state index in [9.17, 15) is 9.59 Å². The van der Waals surface area contributed by atoms with Gasteiger partial charge in [0.15, 0.2) is 0 Å². The Balaban J connectivity index is 1.96. The molecule has 2 aliphatic heterocycles. The number of carbonyl (C=O) groups is 2. The summed E-state index contributed by atoms with van der Waals surface area (Å²) < 4.78 is 15.4. The monoisotopic (exact) mass is 477 g/mol. The molecule has 1 spiro atoms. The van der Waals surface area contributed by atoms with E-state index < -0.39 is 29.2 Å². The summed E-state index contributed by atoms with van der Waals surface area (Å²) in [6.45, 7) is 5.83. The minimum atomic E-state index is -1.20. The Morgan fingerprint density at radius 2 is 2.00 bits per heavy atom. The topological polar surface area (TPSA) is 70.2 Å². The Kier molecular flexibility index (Phi) is 6.23. The molecule has 2 amide bonds. The number of rotatable bonds is 5. The molecule has 0 radical (unpaired) electrons. The van der Waals surface area contributed by atoms with Crippen molar-refractivity contribution < 1.29 is 14.0 Å². The molecule has 2 aliphatic rings. The molecule has 5 nitrogen and oxygen atoms in total. The molecule has 1 saturated heterocycles. The van der Waals surface area contributed by atoms with Crippen molar-refractivity contribution in [3.8, 4) is 0 Å². The number of benzene rings is 2. The maximum Gasteiger partial charge on any atom is 0.238 e. The van der Waals surface area contributed by atoms with Crippen LogP contribution in [0.15, 0.2) is 36.4 Å². The molecule has 4 rings (SSSR count). The summed E-state index contributed by atoms with van der Waals surface area (Å²) in [6.07, 6.45) is 1.31. The molecule has 3 N–H and O–H groups in total. The summed E-state index contributed by atoms with van der Waals surface area (Å²) in [4.78, 5) is 27.1. The van der Waals surface area contributed by atoms with Gasteiger partial charge in [0.05, 0.1) is 11.1 Å². The fraction of sp³-hybridized carbons (Fsp3) is 0.417. The van der Waals surface area contributed by atoms with E-state index in [1.807, 2.05) is 20.8 Å². The van der Waals surface area contributed by atoms with Crippen molar-refractivity contribution in [1.82, 2.24) is 10.6 Å². The summed E-state index contributed by atoms with van der Waals surface area (Å²) in [6, 6.07) is 8.63. The summed E-state index contributed by atoms with van der Waals surface area (Å²) in [5.74, 6) is -1.97. The molecule has 32 heavy (non-hydrogen) atoms. The van der Waals surface area contributed by atoms with E-state index in [1.54, 1.807) is 30.3 Å². The van der Waals surface area contributed by atoms with E-state index in [0.29, 0.717) is 22.7 Å². The Hall–Kier alpha value is -2.15. The number of amides is 2. The zero-order valence-electron chi connectivity index (χ0n) is 18.1. The average molecular weight is 478 g/mol. The second-order valence-electron chi connectivity index (χ2n) is 8.56. The van der Waals surface area contributed by atoms with Crippen LogP contribution in [0, 0.1) is 5.82 Å². The third-order valence-corrected chi connectivity index (χ3v) is 7.34. The lowest BCUT2D eigenvalue weighted by molar-refractivity contribution is -0.124. The van der Waals surface area contributed by atoms with Crippen LogP contribution in [-0.2, 0) is 15.0 Å². The van der Waals surface area contributed by atoms with Crippen LogP contribution >= 0.6 is 23.2 Å². The molecule has 0 bridgehead atoms. The second kappa shape index (κ2) is 8.65. The SMILES string of the molecule is CCC(C)NC(=O)C1NC(CC)C2(C(=O)Nc3cc(Cl)ccc32)C1c1cccc(Cl)c1F. The Morgan fingerprint density at radius 1 is 1.25 bits per heavy atom. The van der Waals surface area contributed by atoms with Crippen LogP contribution in [-0.4, -0.2) is 29.9 Å². The number of halogens is 3. The highest BCUT2D eigenvalue weighted by Gasteiger charge is 2.65. The first-order valence-electron chi connectivity index (χ1n) is 10.9. The quantitative estimate of drug-likeness (QED) is 0.580. The molecule has 5 unspecified atom stereocenters. The van der Waals surface area contributed by atoms with Crippen molar-refractivity contribution in [3.05, 3.63) is 63.4 Å². The summed E-state index contributed by atoms with van der Waals surface area (Å²) in [7, 11) is 0. The van der Waals surface area contributed by atoms with Crippen LogP contribution in [0.2, 0.25) is 10.0 Å². The molecule has 0 aromatic heterocycles. The van der Waals surface area contributed by atoms with E-state index in [1.165, 1.54) is 6.07 Å². The number of nitrogens with one attached hydrogen (secondary N) is 3. The highest BCUT2D eigenvalue weighted by atomic mass is 35.5. The molecular formula is C24H26Cl2FN3O2. The lowest BCUT2D eigenvalue weighted by Crippen LogP contribution is -2.48. The van der Waals surface area contributed by atoms with Crippen molar-refractivity contribution in [1.29, 1.82) is 0 Å². The molecule has 0 aliphatic carbocycles. The largest absolute Gasteiger partial charge is 0.352 e. The Labute approximate surface area is 197 Å². The van der Waals surface area contributed by atoms with Gasteiger partial charge in [-0.3, -0.25) is 9.59 Å². The van der Waals surface area contributed by atoms with Gasteiger partial charge in [-0.1, -0.05) is 55.2 Å². The minimum absolute atomic E-state index is 0.0478. The summed E-state index contributed by atoms with van der Waals surface area (Å²) >= 11 is 12.3.